The molecular formula is C24H22N2O7S. The predicted molar refractivity (Wildman–Crippen MR) is 128 cm³/mol. The third kappa shape index (κ3) is 5.73. The van der Waals surface area contributed by atoms with Crippen molar-refractivity contribution in [2.24, 2.45) is 0 Å². The minimum atomic E-state index is -4.29. The summed E-state index contributed by atoms with van der Waals surface area (Å²) in [5, 5.41) is 11.6. The van der Waals surface area contributed by atoms with Crippen molar-refractivity contribution in [3.8, 4) is 11.5 Å². The SMILES string of the molecule is COc1cc(/C=C/C(=O)O)cc(S(=O)(=O)Nc2ccccc2C(=O)Nc2ccccc2)c1OC. The lowest BCUT2D eigenvalue weighted by Gasteiger charge is -2.17. The average molecular weight is 483 g/mol. The highest BCUT2D eigenvalue weighted by atomic mass is 32.2. The van der Waals surface area contributed by atoms with E-state index in [1.165, 1.54) is 44.6 Å². The molecule has 0 saturated heterocycles. The van der Waals surface area contributed by atoms with E-state index in [-0.39, 0.29) is 33.2 Å². The van der Waals surface area contributed by atoms with Gasteiger partial charge in [-0.3, -0.25) is 9.52 Å². The summed E-state index contributed by atoms with van der Waals surface area (Å²) in [5.41, 5.74) is 0.955. The van der Waals surface area contributed by atoms with Crippen LogP contribution in [0, 0.1) is 0 Å². The fraction of sp³-hybridized carbons (Fsp3) is 0.0833. The molecule has 0 aliphatic heterocycles. The van der Waals surface area contributed by atoms with Gasteiger partial charge in [-0.05, 0) is 48.0 Å². The number of para-hydroxylation sites is 2. The van der Waals surface area contributed by atoms with Crippen molar-refractivity contribution in [1.82, 2.24) is 0 Å². The van der Waals surface area contributed by atoms with Gasteiger partial charge < -0.3 is 19.9 Å². The Hall–Kier alpha value is -4.31. The fourth-order valence-corrected chi connectivity index (χ4v) is 4.40. The first-order valence-electron chi connectivity index (χ1n) is 9.90. The maximum Gasteiger partial charge on any atom is 0.328 e. The Morgan fingerprint density at radius 1 is 0.941 bits per heavy atom. The molecule has 3 aromatic rings. The maximum atomic E-state index is 13.4. The minimum absolute atomic E-state index is 0.0448. The number of carboxylic acids is 1. The Kier molecular flexibility index (Phi) is 7.54. The summed E-state index contributed by atoms with van der Waals surface area (Å²) in [6, 6.07) is 17.6. The Morgan fingerprint density at radius 3 is 2.26 bits per heavy atom. The average Bonchev–Trinajstić information content (AvgIpc) is 2.82. The van der Waals surface area contributed by atoms with E-state index >= 15 is 0 Å². The number of benzene rings is 3. The first-order chi connectivity index (χ1) is 16.2. The topological polar surface area (TPSA) is 131 Å². The Bertz CT molecular complexity index is 1340. The number of carbonyl (C=O) groups is 2. The van der Waals surface area contributed by atoms with Gasteiger partial charge in [-0.25, -0.2) is 13.2 Å². The molecule has 1 amide bonds. The molecule has 176 valence electrons. The predicted octanol–water partition coefficient (Wildman–Crippen LogP) is 3.85. The second-order valence-corrected chi connectivity index (χ2v) is 8.55. The van der Waals surface area contributed by atoms with Gasteiger partial charge in [0, 0.05) is 11.8 Å². The highest BCUT2D eigenvalue weighted by Gasteiger charge is 2.25. The van der Waals surface area contributed by atoms with Crippen LogP contribution >= 0.6 is 0 Å². The maximum absolute atomic E-state index is 13.4. The summed E-state index contributed by atoms with van der Waals surface area (Å²) < 4.78 is 39.6. The van der Waals surface area contributed by atoms with Crippen LogP contribution < -0.4 is 19.5 Å². The van der Waals surface area contributed by atoms with Crippen LogP contribution in [0.25, 0.3) is 6.08 Å². The number of ether oxygens (including phenoxy) is 2. The molecule has 0 saturated carbocycles. The zero-order chi connectivity index (χ0) is 24.7. The first-order valence-corrected chi connectivity index (χ1v) is 11.4. The number of nitrogens with one attached hydrogen (secondary N) is 2. The van der Waals surface area contributed by atoms with E-state index in [1.54, 1.807) is 42.5 Å². The van der Waals surface area contributed by atoms with E-state index in [4.69, 9.17) is 14.6 Å². The highest BCUT2D eigenvalue weighted by molar-refractivity contribution is 7.92. The van der Waals surface area contributed by atoms with Crippen LogP contribution in [0.4, 0.5) is 11.4 Å². The number of hydrogen-bond acceptors (Lipinski definition) is 6. The zero-order valence-corrected chi connectivity index (χ0v) is 19.1. The van der Waals surface area contributed by atoms with E-state index in [9.17, 15) is 18.0 Å². The van der Waals surface area contributed by atoms with Crippen LogP contribution in [0.3, 0.4) is 0 Å². The summed E-state index contributed by atoms with van der Waals surface area (Å²) in [6.07, 6.45) is 2.10. The molecule has 0 heterocycles. The van der Waals surface area contributed by atoms with Crippen LogP contribution in [0.15, 0.2) is 77.7 Å². The minimum Gasteiger partial charge on any atom is -0.493 e. The summed E-state index contributed by atoms with van der Waals surface area (Å²) in [4.78, 5) is 23.4. The number of sulfonamides is 1. The molecule has 3 rings (SSSR count). The molecule has 0 unspecified atom stereocenters. The molecule has 0 fully saturated rings. The van der Waals surface area contributed by atoms with Crippen LogP contribution in [-0.4, -0.2) is 39.6 Å². The number of hydrogen-bond donors (Lipinski definition) is 3. The largest absolute Gasteiger partial charge is 0.493 e. The number of amides is 1. The lowest BCUT2D eigenvalue weighted by Crippen LogP contribution is -2.19. The third-order valence-corrected chi connectivity index (χ3v) is 5.99. The summed E-state index contributed by atoms with van der Waals surface area (Å²) in [6.45, 7) is 0. The van der Waals surface area contributed by atoms with Crippen LogP contribution in [0.2, 0.25) is 0 Å². The van der Waals surface area contributed by atoms with E-state index in [1.807, 2.05) is 0 Å². The molecule has 0 aliphatic carbocycles. The second kappa shape index (κ2) is 10.5. The van der Waals surface area contributed by atoms with Crippen molar-refractivity contribution >= 4 is 39.4 Å². The van der Waals surface area contributed by atoms with Crippen LogP contribution in [0.5, 0.6) is 11.5 Å². The summed E-state index contributed by atoms with van der Waals surface area (Å²) >= 11 is 0. The number of aliphatic carboxylic acids is 1. The van der Waals surface area contributed by atoms with Gasteiger partial charge >= 0.3 is 5.97 Å². The van der Waals surface area contributed by atoms with Gasteiger partial charge in [-0.15, -0.1) is 0 Å². The third-order valence-electron chi connectivity index (χ3n) is 4.62. The molecule has 0 bridgehead atoms. The lowest BCUT2D eigenvalue weighted by atomic mass is 10.1. The Labute approximate surface area is 196 Å². The number of methoxy groups -OCH3 is 2. The van der Waals surface area contributed by atoms with E-state index in [0.717, 1.165) is 6.08 Å². The quantitative estimate of drug-likeness (QED) is 0.395. The second-order valence-electron chi connectivity index (χ2n) is 6.90. The molecule has 3 aromatic carbocycles. The normalized spacial score (nSPS) is 11.1. The van der Waals surface area contributed by atoms with Gasteiger partial charge in [0.1, 0.15) is 4.90 Å². The molecule has 0 atom stereocenters. The smallest absolute Gasteiger partial charge is 0.328 e. The van der Waals surface area contributed by atoms with E-state index < -0.39 is 21.9 Å². The van der Waals surface area contributed by atoms with Crippen molar-refractivity contribution in [3.63, 3.8) is 0 Å². The Morgan fingerprint density at radius 2 is 1.62 bits per heavy atom. The van der Waals surface area contributed by atoms with Gasteiger partial charge in [0.25, 0.3) is 15.9 Å². The van der Waals surface area contributed by atoms with Crippen molar-refractivity contribution in [2.45, 2.75) is 4.90 Å². The van der Waals surface area contributed by atoms with E-state index in [2.05, 4.69) is 10.0 Å². The summed E-state index contributed by atoms with van der Waals surface area (Å²) in [5.74, 6) is -1.69. The molecule has 9 nitrogen and oxygen atoms in total. The molecular weight excluding hydrogens is 460 g/mol. The van der Waals surface area contributed by atoms with Crippen LogP contribution in [-0.2, 0) is 14.8 Å². The van der Waals surface area contributed by atoms with Crippen molar-refractivity contribution in [1.29, 1.82) is 0 Å². The van der Waals surface area contributed by atoms with Gasteiger partial charge in [-0.2, -0.15) is 0 Å². The summed E-state index contributed by atoms with van der Waals surface area (Å²) in [7, 11) is -1.68. The fourth-order valence-electron chi connectivity index (χ4n) is 3.10. The number of carbonyl (C=O) groups excluding carboxylic acids is 1. The molecule has 3 N–H and O–H groups in total. The van der Waals surface area contributed by atoms with Crippen molar-refractivity contribution in [2.75, 3.05) is 24.3 Å². The number of anilines is 2. The van der Waals surface area contributed by atoms with Crippen molar-refractivity contribution in [3.05, 3.63) is 83.9 Å². The molecule has 0 aromatic heterocycles. The van der Waals surface area contributed by atoms with Gasteiger partial charge in [0.05, 0.1) is 25.5 Å². The molecule has 0 spiro atoms. The van der Waals surface area contributed by atoms with Gasteiger partial charge in [-0.1, -0.05) is 30.3 Å². The molecule has 34 heavy (non-hydrogen) atoms. The van der Waals surface area contributed by atoms with Crippen LogP contribution in [0.1, 0.15) is 15.9 Å². The van der Waals surface area contributed by atoms with Crippen molar-refractivity contribution < 1.29 is 32.6 Å². The standard InChI is InChI=1S/C24H22N2O7S/c1-32-20-14-16(12-13-22(27)28)15-21(23(20)33-2)34(30,31)26-19-11-7-6-10-18(19)24(29)25-17-8-4-3-5-9-17/h3-15,26H,1-2H3,(H,25,29)(H,27,28)/b13-12+. The monoisotopic (exact) mass is 482 g/mol. The van der Waals surface area contributed by atoms with Gasteiger partial charge in [0.2, 0.25) is 0 Å². The zero-order valence-electron chi connectivity index (χ0n) is 18.3. The number of carboxylic acid groups (broad SMARTS) is 1. The lowest BCUT2D eigenvalue weighted by molar-refractivity contribution is -0.131. The molecule has 0 aliphatic rings. The molecule has 0 radical (unpaired) electrons. The highest BCUT2D eigenvalue weighted by Crippen LogP contribution is 2.37. The Balaban J connectivity index is 2.02. The first kappa shape index (κ1) is 24.3. The molecule has 10 heteroatoms. The van der Waals surface area contributed by atoms with Gasteiger partial charge in [0.15, 0.2) is 11.5 Å². The number of rotatable bonds is 9. The van der Waals surface area contributed by atoms with E-state index in [0.29, 0.717) is 5.69 Å².